The molecule has 1 aromatic rings. The number of methoxy groups -OCH3 is 2. The summed E-state index contributed by atoms with van der Waals surface area (Å²) in [6.07, 6.45) is 0.202. The van der Waals surface area contributed by atoms with E-state index in [1.807, 2.05) is 18.2 Å². The number of carbonyl (C=O) groups excluding carboxylic acids is 2. The summed E-state index contributed by atoms with van der Waals surface area (Å²) in [6.45, 7) is 4.72. The van der Waals surface area contributed by atoms with Gasteiger partial charge in [-0.25, -0.2) is 4.79 Å². The smallest absolute Gasteiger partial charge is 0.334 e. The Morgan fingerprint density at radius 3 is 2.62 bits per heavy atom. The Hall–Kier alpha value is -1.66. The highest BCUT2D eigenvalue weighted by atomic mass is 79.9. The third kappa shape index (κ3) is 2.00. The molecule has 0 bridgehead atoms. The summed E-state index contributed by atoms with van der Waals surface area (Å²) in [4.78, 5) is 25.3. The molecule has 3 aliphatic rings. The maximum absolute atomic E-state index is 12.7. The van der Waals surface area contributed by atoms with Crippen LogP contribution in [-0.2, 0) is 23.8 Å². The van der Waals surface area contributed by atoms with E-state index in [4.69, 9.17) is 14.2 Å². The summed E-state index contributed by atoms with van der Waals surface area (Å²) >= 11 is 3.53. The first-order valence-electron chi connectivity index (χ1n) is 8.59. The number of ether oxygens (including phenoxy) is 3. The zero-order valence-corrected chi connectivity index (χ0v) is 16.8. The van der Waals surface area contributed by atoms with Gasteiger partial charge in [-0.15, -0.1) is 0 Å². The van der Waals surface area contributed by atoms with Gasteiger partial charge in [-0.05, 0) is 35.3 Å². The van der Waals surface area contributed by atoms with Crippen LogP contribution in [0.3, 0.4) is 0 Å². The van der Waals surface area contributed by atoms with E-state index in [2.05, 4.69) is 29.8 Å². The summed E-state index contributed by atoms with van der Waals surface area (Å²) in [5.41, 5.74) is 2.64. The Morgan fingerprint density at radius 1 is 1.23 bits per heavy atom. The molecule has 26 heavy (non-hydrogen) atoms. The average molecular weight is 421 g/mol. The lowest BCUT2D eigenvalue weighted by atomic mass is 9.56. The van der Waals surface area contributed by atoms with E-state index < -0.39 is 11.3 Å². The maximum Gasteiger partial charge on any atom is 0.334 e. The Morgan fingerprint density at radius 2 is 1.96 bits per heavy atom. The Kier molecular flexibility index (Phi) is 3.87. The van der Waals surface area contributed by atoms with Crippen LogP contribution in [0.5, 0.6) is 0 Å². The van der Waals surface area contributed by atoms with Crippen molar-refractivity contribution in [3.63, 3.8) is 0 Å². The van der Waals surface area contributed by atoms with Crippen molar-refractivity contribution >= 4 is 33.4 Å². The van der Waals surface area contributed by atoms with Crippen molar-refractivity contribution in [2.75, 3.05) is 20.8 Å². The van der Waals surface area contributed by atoms with Crippen LogP contribution in [0.2, 0.25) is 0 Å². The van der Waals surface area contributed by atoms with Crippen LogP contribution in [0.25, 0.3) is 5.57 Å². The normalized spacial score (nSPS) is 34.3. The number of benzene rings is 1. The SMILES string of the molecule is COC(=O)C1=C2c3cc(Br)ccc3C(C(=O)OC)C3OC[C@@](C)(C1)[C@@]23C. The molecule has 4 rings (SSSR count). The standard InChI is InChI=1S/C20H21BrO5/c1-19-8-13(17(22)24-3)15-12-7-10(21)5-6-11(12)14(18(23)25-4)16(26-9-19)20(15,19)2/h5-7,14,16H,8-9H2,1-4H3/t14?,16?,19-,20+/m1/s1. The summed E-state index contributed by atoms with van der Waals surface area (Å²) < 4.78 is 17.3. The monoisotopic (exact) mass is 420 g/mol. The first kappa shape index (κ1) is 17.7. The highest BCUT2D eigenvalue weighted by Crippen LogP contribution is 2.70. The molecule has 1 heterocycles. The van der Waals surface area contributed by atoms with Crippen molar-refractivity contribution in [2.45, 2.75) is 32.3 Å². The summed E-state index contributed by atoms with van der Waals surface area (Å²) in [5.74, 6) is -1.14. The van der Waals surface area contributed by atoms with E-state index in [1.165, 1.54) is 14.2 Å². The molecule has 2 unspecified atom stereocenters. The summed E-state index contributed by atoms with van der Waals surface area (Å²) in [7, 11) is 2.81. The van der Waals surface area contributed by atoms with Gasteiger partial charge in [-0.2, -0.15) is 0 Å². The fraction of sp³-hybridized carbons (Fsp3) is 0.500. The summed E-state index contributed by atoms with van der Waals surface area (Å²) in [6, 6.07) is 5.80. The minimum absolute atomic E-state index is 0.275. The van der Waals surface area contributed by atoms with Gasteiger partial charge in [0.2, 0.25) is 0 Å². The molecule has 1 fully saturated rings. The second kappa shape index (κ2) is 5.67. The molecule has 2 aliphatic carbocycles. The van der Waals surface area contributed by atoms with Gasteiger partial charge < -0.3 is 14.2 Å². The maximum atomic E-state index is 12.7. The molecule has 1 aromatic carbocycles. The fourth-order valence-electron chi connectivity index (χ4n) is 5.13. The number of esters is 2. The fourth-order valence-corrected chi connectivity index (χ4v) is 5.49. The van der Waals surface area contributed by atoms with Gasteiger partial charge in [-0.1, -0.05) is 35.8 Å². The zero-order valence-electron chi connectivity index (χ0n) is 15.2. The second-order valence-corrected chi connectivity index (χ2v) is 8.66. The van der Waals surface area contributed by atoms with E-state index in [1.54, 1.807) is 0 Å². The highest BCUT2D eigenvalue weighted by molar-refractivity contribution is 9.10. The van der Waals surface area contributed by atoms with Crippen LogP contribution in [-0.4, -0.2) is 38.9 Å². The van der Waals surface area contributed by atoms with Crippen LogP contribution in [0.15, 0.2) is 28.2 Å². The largest absolute Gasteiger partial charge is 0.468 e. The minimum Gasteiger partial charge on any atom is -0.468 e. The van der Waals surface area contributed by atoms with Gasteiger partial charge >= 0.3 is 11.9 Å². The van der Waals surface area contributed by atoms with E-state index in [9.17, 15) is 9.59 Å². The number of fused-ring (bicyclic) bond motifs is 2. The molecule has 0 N–H and O–H groups in total. The van der Waals surface area contributed by atoms with Gasteiger partial charge in [0.25, 0.3) is 0 Å². The molecule has 5 nitrogen and oxygen atoms in total. The van der Waals surface area contributed by atoms with Gasteiger partial charge in [0, 0.05) is 20.9 Å². The van der Waals surface area contributed by atoms with E-state index in [0.717, 1.165) is 21.2 Å². The molecule has 0 saturated carbocycles. The van der Waals surface area contributed by atoms with Gasteiger partial charge in [-0.3, -0.25) is 4.79 Å². The minimum atomic E-state index is -0.518. The number of hydrogen-bond acceptors (Lipinski definition) is 5. The van der Waals surface area contributed by atoms with Crippen molar-refractivity contribution in [1.29, 1.82) is 0 Å². The van der Waals surface area contributed by atoms with Crippen LogP contribution in [0.4, 0.5) is 0 Å². The average Bonchev–Trinajstić information content (AvgIpc) is 3.02. The van der Waals surface area contributed by atoms with E-state index in [0.29, 0.717) is 18.6 Å². The quantitative estimate of drug-likeness (QED) is 0.685. The lowest BCUT2D eigenvalue weighted by Crippen LogP contribution is -2.46. The Labute approximate surface area is 160 Å². The lowest BCUT2D eigenvalue weighted by molar-refractivity contribution is -0.147. The van der Waals surface area contributed by atoms with Gasteiger partial charge in [0.05, 0.1) is 26.9 Å². The molecule has 4 atom stereocenters. The van der Waals surface area contributed by atoms with Crippen LogP contribution < -0.4 is 0 Å². The molecular weight excluding hydrogens is 400 g/mol. The van der Waals surface area contributed by atoms with Crippen LogP contribution >= 0.6 is 15.9 Å². The lowest BCUT2D eigenvalue weighted by Gasteiger charge is -2.45. The van der Waals surface area contributed by atoms with Crippen molar-refractivity contribution < 1.29 is 23.8 Å². The first-order chi connectivity index (χ1) is 12.3. The predicted octanol–water partition coefficient (Wildman–Crippen LogP) is 3.46. The van der Waals surface area contributed by atoms with Crippen molar-refractivity contribution in [2.24, 2.45) is 10.8 Å². The molecular formula is C20H21BrO5. The number of halogens is 1. The Balaban J connectivity index is 2.07. The molecule has 0 amide bonds. The van der Waals surface area contributed by atoms with Gasteiger partial charge in [0.1, 0.15) is 5.92 Å². The van der Waals surface area contributed by atoms with Crippen LogP contribution in [0, 0.1) is 10.8 Å². The van der Waals surface area contributed by atoms with Crippen molar-refractivity contribution in [3.8, 4) is 0 Å². The molecule has 0 aromatic heterocycles. The molecule has 0 radical (unpaired) electrons. The topological polar surface area (TPSA) is 61.8 Å². The van der Waals surface area contributed by atoms with E-state index in [-0.39, 0.29) is 23.5 Å². The van der Waals surface area contributed by atoms with Crippen molar-refractivity contribution in [3.05, 3.63) is 39.4 Å². The van der Waals surface area contributed by atoms with E-state index >= 15 is 0 Å². The highest BCUT2D eigenvalue weighted by Gasteiger charge is 2.68. The molecule has 138 valence electrons. The summed E-state index contributed by atoms with van der Waals surface area (Å²) in [5, 5.41) is 0. The second-order valence-electron chi connectivity index (χ2n) is 7.75. The third-order valence-electron chi connectivity index (χ3n) is 6.60. The number of rotatable bonds is 2. The third-order valence-corrected chi connectivity index (χ3v) is 7.09. The number of hydrogen-bond donors (Lipinski definition) is 0. The number of carbonyl (C=O) groups is 2. The molecule has 1 saturated heterocycles. The molecule has 1 aliphatic heterocycles. The van der Waals surface area contributed by atoms with Crippen molar-refractivity contribution in [1.82, 2.24) is 0 Å². The Bertz CT molecular complexity index is 860. The first-order valence-corrected chi connectivity index (χ1v) is 9.39. The molecule has 0 spiro atoms. The molecule has 6 heteroatoms. The zero-order chi connectivity index (χ0) is 18.9. The van der Waals surface area contributed by atoms with Gasteiger partial charge in [0.15, 0.2) is 0 Å². The predicted molar refractivity (Wildman–Crippen MR) is 98.4 cm³/mol. The van der Waals surface area contributed by atoms with Crippen LogP contribution in [0.1, 0.15) is 37.3 Å².